The molecule has 0 saturated carbocycles. The summed E-state index contributed by atoms with van der Waals surface area (Å²) in [5.41, 5.74) is 6.08. The zero-order chi connectivity index (χ0) is 19.9. The molecule has 148 valence electrons. The second-order valence-electron chi connectivity index (χ2n) is 7.18. The maximum atomic E-state index is 14.9. The molecule has 1 saturated heterocycles. The van der Waals surface area contributed by atoms with Crippen molar-refractivity contribution in [2.24, 2.45) is 22.6 Å². The van der Waals surface area contributed by atoms with E-state index in [2.05, 4.69) is 22.2 Å². The number of aromatic nitrogens is 1. The molecule has 9 heteroatoms. The second-order valence-corrected chi connectivity index (χ2v) is 8.23. The van der Waals surface area contributed by atoms with E-state index in [1.165, 1.54) is 30.2 Å². The molecule has 2 aromatic rings. The van der Waals surface area contributed by atoms with Crippen LogP contribution >= 0.6 is 11.8 Å². The standard InChI is InChI=1S/C19H21FN4O3S/c1-10-6-26-9-19(14(10)8-28-18(21)24-19)13-5-12(3-4-15(13)20)23-17(25)16-7-27-11(2)22-16/h3-5,7,10,14H,6,8-9H2,1-2H3,(H2,21,24)(H,23,25)/t10-,14+,19+/m0/s1. The van der Waals surface area contributed by atoms with Crippen molar-refractivity contribution in [3.05, 3.63) is 47.4 Å². The molecular formula is C19H21FN4O3S. The lowest BCUT2D eigenvalue weighted by Crippen LogP contribution is -2.51. The SMILES string of the molecule is Cc1nc(C(=O)Nc2ccc(F)c([C@]34COC[C@H](C)[C@H]3CSC(N)=N4)c2)co1. The van der Waals surface area contributed by atoms with Crippen LogP contribution in [0.1, 0.15) is 28.9 Å². The van der Waals surface area contributed by atoms with Gasteiger partial charge in [0.2, 0.25) is 0 Å². The number of fused-ring (bicyclic) bond motifs is 1. The molecule has 1 aromatic heterocycles. The Kier molecular flexibility index (Phi) is 4.88. The van der Waals surface area contributed by atoms with Gasteiger partial charge in [0.1, 0.15) is 17.6 Å². The molecule has 1 amide bonds. The number of carbonyl (C=O) groups is 1. The van der Waals surface area contributed by atoms with Crippen molar-refractivity contribution in [2.75, 3.05) is 24.3 Å². The van der Waals surface area contributed by atoms with Crippen molar-refractivity contribution >= 4 is 28.5 Å². The summed E-state index contributed by atoms with van der Waals surface area (Å²) in [7, 11) is 0. The Balaban J connectivity index is 1.71. The summed E-state index contributed by atoms with van der Waals surface area (Å²) in [5.74, 6) is 0.588. The fourth-order valence-corrected chi connectivity index (χ4v) is 5.03. The first-order chi connectivity index (χ1) is 13.4. The first-order valence-electron chi connectivity index (χ1n) is 8.98. The number of anilines is 1. The molecular weight excluding hydrogens is 383 g/mol. The van der Waals surface area contributed by atoms with E-state index in [9.17, 15) is 9.18 Å². The number of nitrogens with zero attached hydrogens (tertiary/aromatic N) is 2. The number of oxazole rings is 1. The van der Waals surface area contributed by atoms with Crippen molar-refractivity contribution in [1.82, 2.24) is 4.98 Å². The van der Waals surface area contributed by atoms with Crippen LogP contribution in [0.25, 0.3) is 0 Å². The molecule has 2 aliphatic rings. The van der Waals surface area contributed by atoms with Crippen LogP contribution in [0.5, 0.6) is 0 Å². The van der Waals surface area contributed by atoms with Crippen LogP contribution in [0.4, 0.5) is 10.1 Å². The van der Waals surface area contributed by atoms with Gasteiger partial charge in [-0.25, -0.2) is 14.4 Å². The van der Waals surface area contributed by atoms with Crippen LogP contribution in [-0.4, -0.2) is 35.0 Å². The van der Waals surface area contributed by atoms with E-state index in [-0.39, 0.29) is 24.1 Å². The minimum Gasteiger partial charge on any atom is -0.448 e. The lowest BCUT2D eigenvalue weighted by Gasteiger charge is -2.47. The van der Waals surface area contributed by atoms with E-state index in [4.69, 9.17) is 14.9 Å². The fraction of sp³-hybridized carbons (Fsp3) is 0.421. The molecule has 0 bridgehead atoms. The van der Waals surface area contributed by atoms with Gasteiger partial charge < -0.3 is 20.2 Å². The molecule has 0 unspecified atom stereocenters. The van der Waals surface area contributed by atoms with Gasteiger partial charge in [-0.15, -0.1) is 0 Å². The van der Waals surface area contributed by atoms with E-state index in [0.717, 1.165) is 5.75 Å². The Labute approximate surface area is 165 Å². The third kappa shape index (κ3) is 3.29. The van der Waals surface area contributed by atoms with Crippen LogP contribution in [0.3, 0.4) is 0 Å². The molecule has 0 aliphatic carbocycles. The van der Waals surface area contributed by atoms with Gasteiger partial charge in [0, 0.05) is 36.5 Å². The molecule has 28 heavy (non-hydrogen) atoms. The van der Waals surface area contributed by atoms with Gasteiger partial charge in [-0.1, -0.05) is 18.7 Å². The van der Waals surface area contributed by atoms with E-state index >= 15 is 0 Å². The molecule has 4 rings (SSSR count). The quantitative estimate of drug-likeness (QED) is 0.815. The highest BCUT2D eigenvalue weighted by atomic mass is 32.2. The lowest BCUT2D eigenvalue weighted by molar-refractivity contribution is -0.0339. The van der Waals surface area contributed by atoms with E-state index in [1.807, 2.05) is 0 Å². The van der Waals surface area contributed by atoms with Gasteiger partial charge in [0.15, 0.2) is 16.8 Å². The molecule has 0 spiro atoms. The number of hydrogen-bond donors (Lipinski definition) is 2. The summed E-state index contributed by atoms with van der Waals surface area (Å²) in [6, 6.07) is 4.45. The number of carbonyl (C=O) groups excluding carboxylic acids is 1. The molecule has 2 aliphatic heterocycles. The molecule has 0 radical (unpaired) electrons. The lowest BCUT2D eigenvalue weighted by atomic mass is 9.72. The van der Waals surface area contributed by atoms with Crippen molar-refractivity contribution in [3.63, 3.8) is 0 Å². The number of halogens is 1. The van der Waals surface area contributed by atoms with Gasteiger partial charge in [-0.2, -0.15) is 0 Å². The second kappa shape index (κ2) is 7.21. The molecule has 3 atom stereocenters. The van der Waals surface area contributed by atoms with Crippen LogP contribution in [-0.2, 0) is 10.3 Å². The van der Waals surface area contributed by atoms with Crippen LogP contribution < -0.4 is 11.1 Å². The number of aryl methyl sites for hydroxylation is 1. The van der Waals surface area contributed by atoms with Crippen molar-refractivity contribution in [1.29, 1.82) is 0 Å². The van der Waals surface area contributed by atoms with Crippen molar-refractivity contribution in [3.8, 4) is 0 Å². The van der Waals surface area contributed by atoms with Crippen molar-refractivity contribution < 1.29 is 18.3 Å². The zero-order valence-electron chi connectivity index (χ0n) is 15.6. The summed E-state index contributed by atoms with van der Waals surface area (Å²) < 4.78 is 25.8. The summed E-state index contributed by atoms with van der Waals surface area (Å²) in [6.45, 7) is 4.58. The number of rotatable bonds is 3. The number of thioether (sulfide) groups is 1. The minimum absolute atomic E-state index is 0.0807. The average Bonchev–Trinajstić information content (AvgIpc) is 3.09. The Bertz CT molecular complexity index is 947. The molecule has 1 fully saturated rings. The van der Waals surface area contributed by atoms with E-state index in [0.29, 0.717) is 28.9 Å². The topological polar surface area (TPSA) is 103 Å². The number of amidine groups is 1. The maximum absolute atomic E-state index is 14.9. The number of hydrogen-bond acceptors (Lipinski definition) is 7. The van der Waals surface area contributed by atoms with Gasteiger partial charge in [-0.05, 0) is 24.1 Å². The monoisotopic (exact) mass is 404 g/mol. The van der Waals surface area contributed by atoms with Gasteiger partial charge in [0.25, 0.3) is 5.91 Å². The predicted octanol–water partition coefficient (Wildman–Crippen LogP) is 2.91. The summed E-state index contributed by atoms with van der Waals surface area (Å²) in [4.78, 5) is 21.0. The predicted molar refractivity (Wildman–Crippen MR) is 105 cm³/mol. The highest BCUT2D eigenvalue weighted by molar-refractivity contribution is 8.13. The number of amides is 1. The molecule has 3 N–H and O–H groups in total. The number of benzene rings is 1. The number of ether oxygens (including phenoxy) is 1. The molecule has 3 heterocycles. The Morgan fingerprint density at radius 1 is 1.46 bits per heavy atom. The largest absolute Gasteiger partial charge is 0.448 e. The van der Waals surface area contributed by atoms with E-state index in [1.54, 1.807) is 13.0 Å². The van der Waals surface area contributed by atoms with E-state index < -0.39 is 17.3 Å². The third-order valence-corrected chi connectivity index (χ3v) is 6.18. The highest BCUT2D eigenvalue weighted by Gasteiger charge is 2.50. The Hall–Kier alpha value is -2.39. The molecule has 1 aromatic carbocycles. The van der Waals surface area contributed by atoms with Crippen molar-refractivity contribution in [2.45, 2.75) is 19.4 Å². The summed E-state index contributed by atoms with van der Waals surface area (Å²) >= 11 is 1.48. The fourth-order valence-electron chi connectivity index (χ4n) is 3.85. The van der Waals surface area contributed by atoms with Crippen LogP contribution in [0, 0.1) is 24.6 Å². The Morgan fingerprint density at radius 3 is 3.04 bits per heavy atom. The first kappa shape index (κ1) is 18.9. The van der Waals surface area contributed by atoms with Gasteiger partial charge in [0.05, 0.1) is 6.61 Å². The summed E-state index contributed by atoms with van der Waals surface area (Å²) in [6.07, 6.45) is 1.28. The van der Waals surface area contributed by atoms with Gasteiger partial charge >= 0.3 is 0 Å². The summed E-state index contributed by atoms with van der Waals surface area (Å²) in [5, 5.41) is 3.16. The molecule has 7 nitrogen and oxygen atoms in total. The number of nitrogens with two attached hydrogens (primary N) is 1. The highest BCUT2D eigenvalue weighted by Crippen LogP contribution is 2.47. The number of aliphatic imine (C=N–C) groups is 1. The van der Waals surface area contributed by atoms with Crippen LogP contribution in [0.2, 0.25) is 0 Å². The first-order valence-corrected chi connectivity index (χ1v) is 9.97. The minimum atomic E-state index is -0.900. The maximum Gasteiger partial charge on any atom is 0.277 e. The Morgan fingerprint density at radius 2 is 2.29 bits per heavy atom. The van der Waals surface area contributed by atoms with Gasteiger partial charge in [-0.3, -0.25) is 4.79 Å². The number of nitrogens with one attached hydrogen (secondary N) is 1. The average molecular weight is 404 g/mol. The van der Waals surface area contributed by atoms with Crippen LogP contribution in [0.15, 0.2) is 33.9 Å². The zero-order valence-corrected chi connectivity index (χ0v) is 16.4. The smallest absolute Gasteiger partial charge is 0.277 e. The normalized spacial score (nSPS) is 27.0. The third-order valence-electron chi connectivity index (χ3n) is 5.27.